The lowest BCUT2D eigenvalue weighted by atomic mass is 10.1. The molecule has 1 fully saturated rings. The Morgan fingerprint density at radius 1 is 1.53 bits per heavy atom. The van der Waals surface area contributed by atoms with Crippen molar-refractivity contribution in [3.8, 4) is 0 Å². The first-order valence-corrected chi connectivity index (χ1v) is 6.93. The molecule has 0 bridgehead atoms. The van der Waals surface area contributed by atoms with E-state index in [-0.39, 0.29) is 17.9 Å². The Labute approximate surface area is 90.9 Å². The first kappa shape index (κ1) is 12.4. The van der Waals surface area contributed by atoms with Crippen molar-refractivity contribution in [3.63, 3.8) is 0 Å². The maximum absolute atomic E-state index is 11.5. The van der Waals surface area contributed by atoms with Gasteiger partial charge in [-0.1, -0.05) is 0 Å². The topological polar surface area (TPSA) is 66.5 Å². The third-order valence-corrected chi connectivity index (χ3v) is 3.19. The summed E-state index contributed by atoms with van der Waals surface area (Å²) < 4.78 is 24.2. The number of likely N-dealkylation sites (tertiary alicyclic amines) is 1. The molecule has 0 aromatic carbocycles. The van der Waals surface area contributed by atoms with Crippen molar-refractivity contribution < 1.29 is 13.2 Å². The highest BCUT2D eigenvalue weighted by Gasteiger charge is 2.31. The van der Waals surface area contributed by atoms with Gasteiger partial charge in [0.25, 0.3) is 0 Å². The minimum atomic E-state index is -3.15. The van der Waals surface area contributed by atoms with E-state index in [9.17, 15) is 13.2 Å². The van der Waals surface area contributed by atoms with E-state index < -0.39 is 10.0 Å². The summed E-state index contributed by atoms with van der Waals surface area (Å²) in [7, 11) is -3.15. The third kappa shape index (κ3) is 3.79. The van der Waals surface area contributed by atoms with Crippen molar-refractivity contribution in [2.24, 2.45) is 5.92 Å². The molecule has 1 aliphatic heterocycles. The van der Waals surface area contributed by atoms with Crippen LogP contribution in [0.1, 0.15) is 20.3 Å². The molecule has 1 atom stereocenters. The first-order valence-electron chi connectivity index (χ1n) is 5.03. The SMILES string of the molecule is CC(C)N1CC(CNS(C)(=O)=O)CC1=O. The molecule has 1 N–H and O–H groups in total. The van der Waals surface area contributed by atoms with Crippen LogP contribution in [0.25, 0.3) is 0 Å². The zero-order valence-corrected chi connectivity index (χ0v) is 10.2. The van der Waals surface area contributed by atoms with Crippen LogP contribution in [-0.2, 0) is 14.8 Å². The Balaban J connectivity index is 2.46. The Morgan fingerprint density at radius 2 is 2.13 bits per heavy atom. The van der Waals surface area contributed by atoms with E-state index in [4.69, 9.17) is 0 Å². The average Bonchev–Trinajstić information content (AvgIpc) is 2.42. The summed E-state index contributed by atoms with van der Waals surface area (Å²) in [5.74, 6) is 0.222. The van der Waals surface area contributed by atoms with Crippen LogP contribution >= 0.6 is 0 Å². The molecule has 1 unspecified atom stereocenters. The number of carbonyl (C=O) groups excluding carboxylic acids is 1. The molecule has 0 saturated carbocycles. The lowest BCUT2D eigenvalue weighted by molar-refractivity contribution is -0.129. The molecule has 6 heteroatoms. The predicted octanol–water partition coefficient (Wildman–Crippen LogP) is -0.207. The number of hydrogen-bond donors (Lipinski definition) is 1. The van der Waals surface area contributed by atoms with Gasteiger partial charge in [0.2, 0.25) is 15.9 Å². The highest BCUT2D eigenvalue weighted by Crippen LogP contribution is 2.19. The first-order chi connectivity index (χ1) is 6.79. The lowest BCUT2D eigenvalue weighted by Gasteiger charge is -2.20. The number of carbonyl (C=O) groups is 1. The lowest BCUT2D eigenvalue weighted by Crippen LogP contribution is -2.34. The molecular weight excluding hydrogens is 216 g/mol. The van der Waals surface area contributed by atoms with Gasteiger partial charge in [-0.3, -0.25) is 4.79 Å². The van der Waals surface area contributed by atoms with Crippen molar-refractivity contribution in [3.05, 3.63) is 0 Å². The van der Waals surface area contributed by atoms with Crippen LogP contribution in [0.5, 0.6) is 0 Å². The molecule has 0 aromatic heterocycles. The fraction of sp³-hybridized carbons (Fsp3) is 0.889. The normalized spacial score (nSPS) is 22.8. The number of amides is 1. The van der Waals surface area contributed by atoms with Crippen LogP contribution in [0.15, 0.2) is 0 Å². The molecule has 88 valence electrons. The van der Waals surface area contributed by atoms with Gasteiger partial charge in [-0.25, -0.2) is 13.1 Å². The van der Waals surface area contributed by atoms with E-state index in [1.165, 1.54) is 0 Å². The highest BCUT2D eigenvalue weighted by molar-refractivity contribution is 7.88. The van der Waals surface area contributed by atoms with Gasteiger partial charge in [0.1, 0.15) is 0 Å². The average molecular weight is 234 g/mol. The van der Waals surface area contributed by atoms with E-state index in [1.54, 1.807) is 4.90 Å². The van der Waals surface area contributed by atoms with Gasteiger partial charge in [0.05, 0.1) is 6.26 Å². The summed E-state index contributed by atoms with van der Waals surface area (Å²) >= 11 is 0. The fourth-order valence-corrected chi connectivity index (χ4v) is 2.25. The molecular formula is C9H18N2O3S. The number of rotatable bonds is 4. The van der Waals surface area contributed by atoms with Crippen molar-refractivity contribution >= 4 is 15.9 Å². The van der Waals surface area contributed by atoms with E-state index in [0.29, 0.717) is 19.5 Å². The van der Waals surface area contributed by atoms with Crippen molar-refractivity contribution in [1.29, 1.82) is 0 Å². The van der Waals surface area contributed by atoms with Crippen molar-refractivity contribution in [2.75, 3.05) is 19.3 Å². The summed E-state index contributed by atoms with van der Waals surface area (Å²) in [4.78, 5) is 13.3. The summed E-state index contributed by atoms with van der Waals surface area (Å²) in [5, 5.41) is 0. The second-order valence-corrected chi connectivity index (χ2v) is 6.16. The Bertz CT molecular complexity index is 337. The molecule has 0 radical (unpaired) electrons. The Morgan fingerprint density at radius 3 is 2.53 bits per heavy atom. The molecule has 5 nitrogen and oxygen atoms in total. The van der Waals surface area contributed by atoms with Crippen LogP contribution in [0.3, 0.4) is 0 Å². The van der Waals surface area contributed by atoms with Gasteiger partial charge < -0.3 is 4.90 Å². The number of sulfonamides is 1. The van der Waals surface area contributed by atoms with E-state index in [0.717, 1.165) is 6.26 Å². The second-order valence-electron chi connectivity index (χ2n) is 4.33. The molecule has 1 heterocycles. The zero-order valence-electron chi connectivity index (χ0n) is 9.36. The predicted molar refractivity (Wildman–Crippen MR) is 57.8 cm³/mol. The van der Waals surface area contributed by atoms with E-state index in [1.807, 2.05) is 13.8 Å². The van der Waals surface area contributed by atoms with Crippen molar-refractivity contribution in [1.82, 2.24) is 9.62 Å². The Hall–Kier alpha value is -0.620. The van der Waals surface area contributed by atoms with Gasteiger partial charge in [0, 0.05) is 25.6 Å². The van der Waals surface area contributed by atoms with Crippen LogP contribution in [-0.4, -0.2) is 44.6 Å². The fourth-order valence-electron chi connectivity index (χ4n) is 1.71. The monoisotopic (exact) mass is 234 g/mol. The minimum Gasteiger partial charge on any atom is -0.340 e. The highest BCUT2D eigenvalue weighted by atomic mass is 32.2. The number of nitrogens with one attached hydrogen (secondary N) is 1. The molecule has 1 aliphatic rings. The molecule has 0 spiro atoms. The summed E-state index contributed by atoms with van der Waals surface area (Å²) in [6.45, 7) is 4.93. The van der Waals surface area contributed by atoms with Gasteiger partial charge in [-0.15, -0.1) is 0 Å². The van der Waals surface area contributed by atoms with Gasteiger partial charge >= 0.3 is 0 Å². The largest absolute Gasteiger partial charge is 0.340 e. The number of nitrogens with zero attached hydrogens (tertiary/aromatic N) is 1. The molecule has 1 amide bonds. The molecule has 15 heavy (non-hydrogen) atoms. The van der Waals surface area contributed by atoms with E-state index in [2.05, 4.69) is 4.72 Å². The summed E-state index contributed by atoms with van der Waals surface area (Å²) in [5.41, 5.74) is 0. The van der Waals surface area contributed by atoms with Crippen LogP contribution in [0.2, 0.25) is 0 Å². The van der Waals surface area contributed by atoms with Gasteiger partial charge in [0.15, 0.2) is 0 Å². The maximum Gasteiger partial charge on any atom is 0.223 e. The van der Waals surface area contributed by atoms with Crippen LogP contribution in [0, 0.1) is 5.92 Å². The maximum atomic E-state index is 11.5. The summed E-state index contributed by atoms with van der Waals surface area (Å²) in [6.07, 6.45) is 1.57. The number of hydrogen-bond acceptors (Lipinski definition) is 3. The smallest absolute Gasteiger partial charge is 0.223 e. The molecule has 0 aromatic rings. The van der Waals surface area contributed by atoms with Gasteiger partial charge in [-0.2, -0.15) is 0 Å². The van der Waals surface area contributed by atoms with E-state index >= 15 is 0 Å². The summed E-state index contributed by atoms with van der Waals surface area (Å²) in [6, 6.07) is 0.195. The third-order valence-electron chi connectivity index (χ3n) is 2.50. The standard InChI is InChI=1S/C9H18N2O3S/c1-7(2)11-6-8(4-9(11)12)5-10-15(3,13)14/h7-8,10H,4-6H2,1-3H3. The second kappa shape index (κ2) is 4.49. The molecule has 0 aliphatic carbocycles. The molecule has 1 rings (SSSR count). The van der Waals surface area contributed by atoms with Crippen LogP contribution < -0.4 is 4.72 Å². The van der Waals surface area contributed by atoms with Crippen molar-refractivity contribution in [2.45, 2.75) is 26.3 Å². The van der Waals surface area contributed by atoms with Gasteiger partial charge in [-0.05, 0) is 19.8 Å². The zero-order chi connectivity index (χ0) is 11.6. The molecule has 1 saturated heterocycles. The van der Waals surface area contributed by atoms with Crippen LogP contribution in [0.4, 0.5) is 0 Å². The minimum absolute atomic E-state index is 0.106. The quantitative estimate of drug-likeness (QED) is 0.732. The Kier molecular flexibility index (Phi) is 3.72.